The molecule has 140 valence electrons. The average molecular weight is 353 g/mol. The summed E-state index contributed by atoms with van der Waals surface area (Å²) < 4.78 is 7.00. The van der Waals surface area contributed by atoms with Crippen molar-refractivity contribution in [3.63, 3.8) is 0 Å². The molecule has 0 bridgehead atoms. The van der Waals surface area contributed by atoms with Crippen molar-refractivity contribution in [1.82, 2.24) is 0 Å². The summed E-state index contributed by atoms with van der Waals surface area (Å²) >= 11 is 0. The van der Waals surface area contributed by atoms with Gasteiger partial charge in [0.05, 0.1) is 0 Å². The van der Waals surface area contributed by atoms with Crippen LogP contribution in [0.25, 0.3) is 0 Å². The van der Waals surface area contributed by atoms with Gasteiger partial charge in [0.25, 0.3) is 0 Å². The van der Waals surface area contributed by atoms with E-state index in [-0.39, 0.29) is 0 Å². The highest BCUT2D eigenvalue weighted by molar-refractivity contribution is 6.73. The molecule has 0 aromatic rings. The molecule has 2 rings (SSSR count). The normalized spacial score (nSPS) is 34.8. The number of carbonyl (C=O) groups excluding carboxylic acids is 1. The monoisotopic (exact) mass is 352 g/mol. The SMILES string of the molecule is CC[Si](CC)(CC)O[C@H]1CCC[C@@]2(C)C1CC[C@@H]2C(C)CCC=O. The van der Waals surface area contributed by atoms with Crippen LogP contribution in [0, 0.1) is 23.2 Å². The van der Waals surface area contributed by atoms with Crippen LogP contribution in [0.3, 0.4) is 0 Å². The van der Waals surface area contributed by atoms with Crippen LogP contribution in [0.1, 0.15) is 79.6 Å². The van der Waals surface area contributed by atoms with Crippen molar-refractivity contribution in [2.45, 2.75) is 104 Å². The lowest BCUT2D eigenvalue weighted by molar-refractivity contribution is -0.108. The summed E-state index contributed by atoms with van der Waals surface area (Å²) in [4.78, 5) is 10.8. The van der Waals surface area contributed by atoms with Crippen molar-refractivity contribution < 1.29 is 9.22 Å². The number of hydrogen-bond acceptors (Lipinski definition) is 2. The summed E-state index contributed by atoms with van der Waals surface area (Å²) in [6.07, 6.45) is 10.1. The van der Waals surface area contributed by atoms with Crippen molar-refractivity contribution in [3.05, 3.63) is 0 Å². The molecule has 24 heavy (non-hydrogen) atoms. The summed E-state index contributed by atoms with van der Waals surface area (Å²) in [5.41, 5.74) is 0.445. The number of aldehydes is 1. The second kappa shape index (κ2) is 8.49. The van der Waals surface area contributed by atoms with Gasteiger partial charge in [-0.15, -0.1) is 0 Å². The molecule has 2 unspecified atom stereocenters. The highest BCUT2D eigenvalue weighted by Crippen LogP contribution is 2.59. The Balaban J connectivity index is 2.12. The minimum absolute atomic E-state index is 0.445. The summed E-state index contributed by atoms with van der Waals surface area (Å²) in [6.45, 7) is 12.0. The number of carbonyl (C=O) groups is 1. The zero-order chi connectivity index (χ0) is 17.8. The minimum atomic E-state index is -1.51. The van der Waals surface area contributed by atoms with Crippen LogP contribution in [0.2, 0.25) is 18.1 Å². The predicted molar refractivity (Wildman–Crippen MR) is 105 cm³/mol. The molecule has 0 aromatic heterocycles. The zero-order valence-electron chi connectivity index (χ0n) is 16.8. The molecule has 0 N–H and O–H groups in total. The fourth-order valence-corrected chi connectivity index (χ4v) is 9.01. The van der Waals surface area contributed by atoms with E-state index < -0.39 is 8.32 Å². The number of hydrogen-bond donors (Lipinski definition) is 0. The van der Waals surface area contributed by atoms with Gasteiger partial charge in [0.1, 0.15) is 6.29 Å². The maximum absolute atomic E-state index is 10.8. The minimum Gasteiger partial charge on any atom is -0.414 e. The largest absolute Gasteiger partial charge is 0.414 e. The van der Waals surface area contributed by atoms with Gasteiger partial charge in [-0.1, -0.05) is 41.0 Å². The third-order valence-corrected chi connectivity index (χ3v) is 12.6. The van der Waals surface area contributed by atoms with Crippen LogP contribution in [0.4, 0.5) is 0 Å². The van der Waals surface area contributed by atoms with E-state index in [0.29, 0.717) is 17.4 Å². The second-order valence-corrected chi connectivity index (χ2v) is 13.5. The standard InChI is InChI=1S/C21H40O2Si/c1-6-24(7-2,8-3)23-20-12-9-15-21(5)18(13-14-19(20)21)17(4)11-10-16-22/h16-20H,6-15H2,1-5H3/t17?,18-,19?,20+,21-/m1/s1. The Hall–Kier alpha value is -0.153. The van der Waals surface area contributed by atoms with Gasteiger partial charge in [-0.2, -0.15) is 0 Å². The Morgan fingerprint density at radius 1 is 1.17 bits per heavy atom. The predicted octanol–water partition coefficient (Wildman–Crippen LogP) is 6.21. The van der Waals surface area contributed by atoms with Gasteiger partial charge in [-0.3, -0.25) is 0 Å². The van der Waals surface area contributed by atoms with Crippen LogP contribution < -0.4 is 0 Å². The molecule has 2 nitrogen and oxygen atoms in total. The highest BCUT2D eigenvalue weighted by atomic mass is 28.4. The molecule has 2 fully saturated rings. The molecule has 3 heteroatoms. The first-order chi connectivity index (χ1) is 11.5. The van der Waals surface area contributed by atoms with Crippen molar-refractivity contribution in [2.24, 2.45) is 23.2 Å². The first-order valence-electron chi connectivity index (χ1n) is 10.6. The molecule has 5 atom stereocenters. The van der Waals surface area contributed by atoms with Crippen LogP contribution >= 0.6 is 0 Å². The Morgan fingerprint density at radius 3 is 2.42 bits per heavy atom. The summed E-state index contributed by atoms with van der Waals surface area (Å²) in [7, 11) is -1.51. The second-order valence-electron chi connectivity index (χ2n) is 8.81. The van der Waals surface area contributed by atoms with E-state index >= 15 is 0 Å². The molecule has 0 heterocycles. The average Bonchev–Trinajstić information content (AvgIpc) is 2.95. The molecule has 0 aliphatic heterocycles. The third kappa shape index (κ3) is 3.82. The van der Waals surface area contributed by atoms with Crippen molar-refractivity contribution in [1.29, 1.82) is 0 Å². The molecule has 0 radical (unpaired) electrons. The maximum atomic E-state index is 10.8. The maximum Gasteiger partial charge on any atom is 0.192 e. The molecular formula is C21H40O2Si. The fourth-order valence-electron chi connectivity index (χ4n) is 6.09. The smallest absolute Gasteiger partial charge is 0.192 e. The highest BCUT2D eigenvalue weighted by Gasteiger charge is 2.53. The molecule has 0 amide bonds. The van der Waals surface area contributed by atoms with E-state index in [1.807, 2.05) is 0 Å². The van der Waals surface area contributed by atoms with Gasteiger partial charge in [0, 0.05) is 12.5 Å². The first-order valence-corrected chi connectivity index (χ1v) is 13.1. The molecule has 2 aliphatic rings. The molecule has 0 saturated heterocycles. The van der Waals surface area contributed by atoms with Gasteiger partial charge in [-0.25, -0.2) is 0 Å². The summed E-state index contributed by atoms with van der Waals surface area (Å²) in [5, 5.41) is 0. The summed E-state index contributed by atoms with van der Waals surface area (Å²) in [6, 6.07) is 3.79. The van der Waals surface area contributed by atoms with E-state index in [1.165, 1.54) is 50.2 Å². The molecule has 0 spiro atoms. The van der Waals surface area contributed by atoms with Crippen LogP contribution in [-0.4, -0.2) is 20.7 Å². The van der Waals surface area contributed by atoms with Gasteiger partial charge in [0.2, 0.25) is 0 Å². The van der Waals surface area contributed by atoms with Crippen LogP contribution in [0.5, 0.6) is 0 Å². The molecular weight excluding hydrogens is 312 g/mol. The number of rotatable bonds is 9. The quantitative estimate of drug-likeness (QED) is 0.364. The van der Waals surface area contributed by atoms with Crippen LogP contribution in [-0.2, 0) is 9.22 Å². The van der Waals surface area contributed by atoms with Crippen molar-refractivity contribution in [3.8, 4) is 0 Å². The van der Waals surface area contributed by atoms with Gasteiger partial charge in [-0.05, 0) is 73.4 Å². The lowest BCUT2D eigenvalue weighted by Crippen LogP contribution is -2.48. The van der Waals surface area contributed by atoms with Crippen molar-refractivity contribution >= 4 is 14.6 Å². The lowest BCUT2D eigenvalue weighted by atomic mass is 9.61. The van der Waals surface area contributed by atoms with Crippen LogP contribution in [0.15, 0.2) is 0 Å². The topological polar surface area (TPSA) is 26.3 Å². The molecule has 2 saturated carbocycles. The third-order valence-electron chi connectivity index (χ3n) is 7.90. The number of fused-ring (bicyclic) bond motifs is 1. The first kappa shape index (κ1) is 20.2. The molecule has 0 aromatic carbocycles. The van der Waals surface area contributed by atoms with E-state index in [4.69, 9.17) is 4.43 Å². The molecule has 2 aliphatic carbocycles. The van der Waals surface area contributed by atoms with E-state index in [9.17, 15) is 4.79 Å². The Kier molecular flexibility index (Phi) is 7.13. The van der Waals surface area contributed by atoms with E-state index in [0.717, 1.165) is 31.0 Å². The lowest BCUT2D eigenvalue weighted by Gasteiger charge is -2.49. The summed E-state index contributed by atoms with van der Waals surface area (Å²) in [5.74, 6) is 2.22. The Labute approximate surface area is 151 Å². The van der Waals surface area contributed by atoms with Crippen molar-refractivity contribution in [2.75, 3.05) is 0 Å². The zero-order valence-corrected chi connectivity index (χ0v) is 17.8. The van der Waals surface area contributed by atoms with Gasteiger partial charge >= 0.3 is 0 Å². The van der Waals surface area contributed by atoms with E-state index in [2.05, 4.69) is 34.6 Å². The van der Waals surface area contributed by atoms with Gasteiger partial charge in [0.15, 0.2) is 8.32 Å². The van der Waals surface area contributed by atoms with Gasteiger partial charge < -0.3 is 9.22 Å². The Morgan fingerprint density at radius 2 is 1.83 bits per heavy atom. The Bertz CT molecular complexity index is 398. The van der Waals surface area contributed by atoms with E-state index in [1.54, 1.807) is 0 Å². The fraction of sp³-hybridized carbons (Fsp3) is 0.952.